The number of hydrogen-bond acceptors (Lipinski definition) is 2. The summed E-state index contributed by atoms with van der Waals surface area (Å²) in [5.74, 6) is 0.562. The quantitative estimate of drug-likeness (QED) is 0.768. The van der Waals surface area contributed by atoms with Crippen molar-refractivity contribution in [2.45, 2.75) is 46.1 Å². The van der Waals surface area contributed by atoms with Crippen LogP contribution in [-0.2, 0) is 4.79 Å². The molecule has 3 heteroatoms. The van der Waals surface area contributed by atoms with Gasteiger partial charge in [0.1, 0.15) is 0 Å². The van der Waals surface area contributed by atoms with Crippen molar-refractivity contribution < 1.29 is 4.79 Å². The highest BCUT2D eigenvalue weighted by atomic mass is 16.2. The van der Waals surface area contributed by atoms with Gasteiger partial charge in [0.25, 0.3) is 0 Å². The Hall–Kier alpha value is -0.570. The number of nitrogens with one attached hydrogen (secondary N) is 1. The van der Waals surface area contributed by atoms with Gasteiger partial charge < -0.3 is 10.2 Å². The summed E-state index contributed by atoms with van der Waals surface area (Å²) in [6, 6.07) is 0.379. The molecule has 0 aromatic heterocycles. The van der Waals surface area contributed by atoms with Gasteiger partial charge in [-0.3, -0.25) is 4.79 Å². The van der Waals surface area contributed by atoms with E-state index in [1.807, 2.05) is 4.90 Å². The third kappa shape index (κ3) is 3.20. The predicted octanol–water partition coefficient (Wildman–Crippen LogP) is 1.63. The van der Waals surface area contributed by atoms with Crippen LogP contribution in [0.5, 0.6) is 0 Å². The van der Waals surface area contributed by atoms with Crippen molar-refractivity contribution in [2.24, 2.45) is 5.92 Å². The van der Waals surface area contributed by atoms with Crippen molar-refractivity contribution in [3.8, 4) is 0 Å². The molecule has 1 rings (SSSR count). The number of carbonyl (C=O) groups excluding carboxylic acids is 1. The molecular weight excluding hydrogens is 188 g/mol. The van der Waals surface area contributed by atoms with Gasteiger partial charge in [-0.2, -0.15) is 0 Å². The summed E-state index contributed by atoms with van der Waals surface area (Å²) in [5.41, 5.74) is 0. The van der Waals surface area contributed by atoms with Crippen LogP contribution in [-0.4, -0.2) is 36.5 Å². The molecule has 1 amide bonds. The average Bonchev–Trinajstić information content (AvgIpc) is 2.30. The minimum atomic E-state index is 0.215. The zero-order valence-electron chi connectivity index (χ0n) is 10.3. The van der Waals surface area contributed by atoms with Crippen LogP contribution < -0.4 is 5.32 Å². The Morgan fingerprint density at radius 3 is 2.73 bits per heavy atom. The summed E-state index contributed by atoms with van der Waals surface area (Å²) in [6.45, 7) is 9.12. The normalized spacial score (nSPS) is 23.5. The average molecular weight is 212 g/mol. The first-order valence-electron chi connectivity index (χ1n) is 6.21. The fourth-order valence-electron chi connectivity index (χ4n) is 2.20. The van der Waals surface area contributed by atoms with Gasteiger partial charge in [-0.1, -0.05) is 6.92 Å². The summed E-state index contributed by atoms with van der Waals surface area (Å²) in [4.78, 5) is 14.2. The highest BCUT2D eigenvalue weighted by Gasteiger charge is 2.26. The topological polar surface area (TPSA) is 32.3 Å². The molecule has 1 unspecified atom stereocenters. The number of carbonyl (C=O) groups is 1. The summed E-state index contributed by atoms with van der Waals surface area (Å²) in [7, 11) is 0. The molecular formula is C12H24N2O. The van der Waals surface area contributed by atoms with E-state index in [0.717, 1.165) is 38.9 Å². The molecule has 3 nitrogen and oxygen atoms in total. The summed E-state index contributed by atoms with van der Waals surface area (Å²) in [5, 5.41) is 3.30. The number of piperidine rings is 1. The number of amides is 1. The van der Waals surface area contributed by atoms with Crippen LogP contribution >= 0.6 is 0 Å². The first-order chi connectivity index (χ1) is 7.20. The molecule has 2 atom stereocenters. The van der Waals surface area contributed by atoms with Gasteiger partial charge in [0, 0.05) is 19.1 Å². The van der Waals surface area contributed by atoms with Crippen LogP contribution in [0.25, 0.3) is 0 Å². The standard InChI is InChI=1S/C12H24N2O/c1-4-10(3)14(5-2)12(15)11-7-6-8-13-9-11/h10-11,13H,4-9H2,1-3H3/t10?,11-/m0/s1. The lowest BCUT2D eigenvalue weighted by molar-refractivity contribution is -0.138. The Balaban J connectivity index is 2.54. The molecule has 1 fully saturated rings. The smallest absolute Gasteiger partial charge is 0.227 e. The van der Waals surface area contributed by atoms with Crippen molar-refractivity contribution in [1.82, 2.24) is 10.2 Å². The van der Waals surface area contributed by atoms with Gasteiger partial charge in [0.15, 0.2) is 0 Å². The Kier molecular flexibility index (Phi) is 5.09. The van der Waals surface area contributed by atoms with E-state index in [0.29, 0.717) is 11.9 Å². The van der Waals surface area contributed by atoms with Crippen molar-refractivity contribution >= 4 is 5.91 Å². The zero-order valence-corrected chi connectivity index (χ0v) is 10.3. The lowest BCUT2D eigenvalue weighted by Gasteiger charge is -2.32. The van der Waals surface area contributed by atoms with Crippen LogP contribution in [0, 0.1) is 5.92 Å². The first kappa shape index (κ1) is 12.5. The molecule has 1 aliphatic rings. The number of hydrogen-bond donors (Lipinski definition) is 1. The van der Waals surface area contributed by atoms with Gasteiger partial charge in [-0.15, -0.1) is 0 Å². The Morgan fingerprint density at radius 1 is 1.53 bits per heavy atom. The number of rotatable bonds is 4. The molecule has 15 heavy (non-hydrogen) atoms. The molecule has 1 N–H and O–H groups in total. The second kappa shape index (κ2) is 6.11. The van der Waals surface area contributed by atoms with E-state index in [-0.39, 0.29) is 5.92 Å². The summed E-state index contributed by atoms with van der Waals surface area (Å²) in [6.07, 6.45) is 3.23. The van der Waals surface area contributed by atoms with Crippen molar-refractivity contribution in [1.29, 1.82) is 0 Å². The lowest BCUT2D eigenvalue weighted by Crippen LogP contribution is -2.46. The third-order valence-corrected chi connectivity index (χ3v) is 3.39. The number of nitrogens with zero attached hydrogens (tertiary/aromatic N) is 1. The molecule has 0 aliphatic carbocycles. The van der Waals surface area contributed by atoms with Crippen LogP contribution in [0.3, 0.4) is 0 Å². The molecule has 0 aromatic carbocycles. The van der Waals surface area contributed by atoms with Crippen molar-refractivity contribution in [2.75, 3.05) is 19.6 Å². The Morgan fingerprint density at radius 2 is 2.27 bits per heavy atom. The molecule has 88 valence electrons. The van der Waals surface area contributed by atoms with E-state index in [1.165, 1.54) is 0 Å². The maximum atomic E-state index is 12.2. The summed E-state index contributed by atoms with van der Waals surface area (Å²) < 4.78 is 0. The third-order valence-electron chi connectivity index (χ3n) is 3.39. The fourth-order valence-corrected chi connectivity index (χ4v) is 2.20. The van der Waals surface area contributed by atoms with E-state index < -0.39 is 0 Å². The highest BCUT2D eigenvalue weighted by Crippen LogP contribution is 2.16. The van der Waals surface area contributed by atoms with E-state index >= 15 is 0 Å². The molecule has 0 spiro atoms. The molecule has 1 heterocycles. The van der Waals surface area contributed by atoms with Crippen molar-refractivity contribution in [3.63, 3.8) is 0 Å². The highest BCUT2D eigenvalue weighted by molar-refractivity contribution is 5.79. The predicted molar refractivity (Wildman–Crippen MR) is 62.7 cm³/mol. The second-order valence-electron chi connectivity index (χ2n) is 4.42. The van der Waals surface area contributed by atoms with E-state index in [4.69, 9.17) is 0 Å². The molecule has 1 aliphatic heterocycles. The van der Waals surface area contributed by atoms with Gasteiger partial charge >= 0.3 is 0 Å². The zero-order chi connectivity index (χ0) is 11.3. The SMILES string of the molecule is CCC(C)N(CC)C(=O)[C@H]1CCCNC1. The molecule has 0 aromatic rings. The van der Waals surface area contributed by atoms with Crippen LogP contribution in [0.2, 0.25) is 0 Å². The minimum Gasteiger partial charge on any atom is -0.340 e. The molecule has 0 bridgehead atoms. The maximum Gasteiger partial charge on any atom is 0.227 e. The van der Waals surface area contributed by atoms with Crippen LogP contribution in [0.15, 0.2) is 0 Å². The van der Waals surface area contributed by atoms with Gasteiger partial charge in [0.2, 0.25) is 5.91 Å². The van der Waals surface area contributed by atoms with E-state index in [2.05, 4.69) is 26.1 Å². The largest absolute Gasteiger partial charge is 0.340 e. The summed E-state index contributed by atoms with van der Waals surface area (Å²) >= 11 is 0. The van der Waals surface area contributed by atoms with Gasteiger partial charge in [0.05, 0.1) is 5.92 Å². The van der Waals surface area contributed by atoms with Crippen molar-refractivity contribution in [3.05, 3.63) is 0 Å². The van der Waals surface area contributed by atoms with E-state index in [9.17, 15) is 4.79 Å². The first-order valence-corrected chi connectivity index (χ1v) is 6.21. The minimum absolute atomic E-state index is 0.215. The van der Waals surface area contributed by atoms with Gasteiger partial charge in [-0.25, -0.2) is 0 Å². The Bertz CT molecular complexity index is 200. The van der Waals surface area contributed by atoms with Crippen LogP contribution in [0.4, 0.5) is 0 Å². The second-order valence-corrected chi connectivity index (χ2v) is 4.42. The monoisotopic (exact) mass is 212 g/mol. The molecule has 0 saturated carbocycles. The van der Waals surface area contributed by atoms with E-state index in [1.54, 1.807) is 0 Å². The Labute approximate surface area is 93.2 Å². The van der Waals surface area contributed by atoms with Crippen LogP contribution in [0.1, 0.15) is 40.0 Å². The maximum absolute atomic E-state index is 12.2. The lowest BCUT2D eigenvalue weighted by atomic mass is 9.97. The van der Waals surface area contributed by atoms with Gasteiger partial charge in [-0.05, 0) is 39.7 Å². The fraction of sp³-hybridized carbons (Fsp3) is 0.917. The molecule has 1 saturated heterocycles. The molecule has 0 radical (unpaired) electrons.